The maximum Gasteiger partial charge on any atom is 0.269 e. The zero-order chi connectivity index (χ0) is 13.8. The summed E-state index contributed by atoms with van der Waals surface area (Å²) in [6.07, 6.45) is 1.58. The number of nitriles is 1. The first-order chi connectivity index (χ1) is 9.10. The van der Waals surface area contributed by atoms with Gasteiger partial charge in [-0.05, 0) is 51.8 Å². The van der Waals surface area contributed by atoms with Crippen molar-refractivity contribution in [2.75, 3.05) is 0 Å². The Hall–Kier alpha value is -2.39. The number of nitro benzene ring substituents is 1. The lowest BCUT2D eigenvalue weighted by molar-refractivity contribution is -0.384. The van der Waals surface area contributed by atoms with E-state index in [1.807, 2.05) is 6.07 Å². The van der Waals surface area contributed by atoms with E-state index < -0.39 is 4.92 Å². The zero-order valence-electron chi connectivity index (χ0n) is 9.54. The molecular formula is C13H7BrN2O3. The molecular weight excluding hydrogens is 312 g/mol. The van der Waals surface area contributed by atoms with Crippen molar-refractivity contribution in [3.05, 3.63) is 62.5 Å². The molecule has 0 N–H and O–H groups in total. The van der Waals surface area contributed by atoms with Gasteiger partial charge in [0.05, 0.1) is 16.6 Å². The molecule has 0 aliphatic carbocycles. The minimum absolute atomic E-state index is 0.0122. The van der Waals surface area contributed by atoms with E-state index in [9.17, 15) is 10.1 Å². The summed E-state index contributed by atoms with van der Waals surface area (Å²) in [7, 11) is 0. The van der Waals surface area contributed by atoms with Crippen LogP contribution in [0.5, 0.6) is 0 Å². The Morgan fingerprint density at radius 1 is 1.32 bits per heavy atom. The van der Waals surface area contributed by atoms with Crippen molar-refractivity contribution in [1.82, 2.24) is 0 Å². The predicted octanol–water partition coefficient (Wildman–Crippen LogP) is 4.01. The summed E-state index contributed by atoms with van der Waals surface area (Å²) in [5, 5.41) is 19.7. The lowest BCUT2D eigenvalue weighted by atomic mass is 10.1. The molecule has 0 saturated heterocycles. The van der Waals surface area contributed by atoms with Gasteiger partial charge in [0.2, 0.25) is 0 Å². The summed E-state index contributed by atoms with van der Waals surface area (Å²) >= 11 is 3.17. The van der Waals surface area contributed by atoms with Gasteiger partial charge in [-0.25, -0.2) is 0 Å². The van der Waals surface area contributed by atoms with Crippen LogP contribution in [-0.2, 0) is 0 Å². The molecule has 1 aromatic heterocycles. The van der Waals surface area contributed by atoms with Gasteiger partial charge in [0.1, 0.15) is 5.76 Å². The molecule has 19 heavy (non-hydrogen) atoms. The molecule has 0 amide bonds. The molecule has 0 spiro atoms. The fourth-order valence-electron chi connectivity index (χ4n) is 1.49. The van der Waals surface area contributed by atoms with Gasteiger partial charge < -0.3 is 4.42 Å². The van der Waals surface area contributed by atoms with E-state index in [0.717, 1.165) is 0 Å². The van der Waals surface area contributed by atoms with Crippen LogP contribution in [0.1, 0.15) is 11.3 Å². The van der Waals surface area contributed by atoms with Crippen LogP contribution >= 0.6 is 15.9 Å². The van der Waals surface area contributed by atoms with Crippen molar-refractivity contribution >= 4 is 33.3 Å². The van der Waals surface area contributed by atoms with Gasteiger partial charge in [0.25, 0.3) is 5.69 Å². The first-order valence-electron chi connectivity index (χ1n) is 5.22. The van der Waals surface area contributed by atoms with E-state index in [1.54, 1.807) is 18.2 Å². The van der Waals surface area contributed by atoms with E-state index in [-0.39, 0.29) is 5.69 Å². The third-order valence-electron chi connectivity index (χ3n) is 2.39. The highest BCUT2D eigenvalue weighted by Crippen LogP contribution is 2.22. The zero-order valence-corrected chi connectivity index (χ0v) is 11.1. The highest BCUT2D eigenvalue weighted by atomic mass is 79.9. The van der Waals surface area contributed by atoms with E-state index >= 15 is 0 Å². The maximum atomic E-state index is 10.6. The Kier molecular flexibility index (Phi) is 3.78. The summed E-state index contributed by atoms with van der Waals surface area (Å²) in [5.41, 5.74) is 0.958. The van der Waals surface area contributed by atoms with E-state index in [2.05, 4.69) is 15.9 Å². The Morgan fingerprint density at radius 2 is 2.00 bits per heavy atom. The Bertz CT molecular complexity index is 681. The van der Waals surface area contributed by atoms with Gasteiger partial charge >= 0.3 is 0 Å². The number of halogens is 1. The summed E-state index contributed by atoms with van der Waals surface area (Å²) < 4.78 is 5.85. The van der Waals surface area contributed by atoms with Crippen LogP contribution < -0.4 is 0 Å². The maximum absolute atomic E-state index is 10.6. The molecule has 0 aliphatic heterocycles. The van der Waals surface area contributed by atoms with Crippen molar-refractivity contribution in [2.45, 2.75) is 0 Å². The molecule has 1 aromatic carbocycles. The topological polar surface area (TPSA) is 80.1 Å². The molecule has 2 rings (SSSR count). The smallest absolute Gasteiger partial charge is 0.269 e. The normalized spacial score (nSPS) is 11.1. The fraction of sp³-hybridized carbons (Fsp3) is 0. The number of allylic oxidation sites excluding steroid dienone is 1. The quantitative estimate of drug-likeness (QED) is 0.486. The van der Waals surface area contributed by atoms with Crippen LogP contribution in [-0.4, -0.2) is 4.92 Å². The molecule has 0 saturated carbocycles. The largest absolute Gasteiger partial charge is 0.450 e. The minimum Gasteiger partial charge on any atom is -0.450 e. The molecule has 0 aliphatic rings. The van der Waals surface area contributed by atoms with Crippen molar-refractivity contribution < 1.29 is 9.34 Å². The lowest BCUT2D eigenvalue weighted by Gasteiger charge is -1.98. The van der Waals surface area contributed by atoms with Crippen LogP contribution in [0.25, 0.3) is 11.6 Å². The van der Waals surface area contributed by atoms with E-state index in [1.165, 1.54) is 24.3 Å². The van der Waals surface area contributed by atoms with Crippen LogP contribution in [0.3, 0.4) is 0 Å². The van der Waals surface area contributed by atoms with Gasteiger partial charge in [0, 0.05) is 12.1 Å². The Morgan fingerprint density at radius 3 is 2.47 bits per heavy atom. The van der Waals surface area contributed by atoms with Crippen LogP contribution in [0.15, 0.2) is 45.5 Å². The number of nitro groups is 1. The number of non-ortho nitro benzene ring substituents is 1. The first kappa shape index (κ1) is 13.1. The monoisotopic (exact) mass is 318 g/mol. The fourth-order valence-corrected chi connectivity index (χ4v) is 1.81. The average Bonchev–Trinajstić information content (AvgIpc) is 2.81. The van der Waals surface area contributed by atoms with Crippen molar-refractivity contribution in [1.29, 1.82) is 5.26 Å². The molecule has 5 nitrogen and oxygen atoms in total. The average molecular weight is 319 g/mol. The summed E-state index contributed by atoms with van der Waals surface area (Å²) in [5.74, 6) is 0.529. The molecule has 0 fully saturated rings. The number of hydrogen-bond donors (Lipinski definition) is 0. The highest BCUT2D eigenvalue weighted by Gasteiger charge is 2.07. The van der Waals surface area contributed by atoms with Crippen molar-refractivity contribution in [3.63, 3.8) is 0 Å². The second-order valence-electron chi connectivity index (χ2n) is 3.62. The summed E-state index contributed by atoms with van der Waals surface area (Å²) in [6.45, 7) is 0. The highest BCUT2D eigenvalue weighted by molar-refractivity contribution is 9.10. The molecule has 94 valence electrons. The molecule has 6 heteroatoms. The number of furan rings is 1. The number of benzene rings is 1. The molecule has 2 aromatic rings. The van der Waals surface area contributed by atoms with Gasteiger partial charge in [-0.2, -0.15) is 5.26 Å². The van der Waals surface area contributed by atoms with Crippen molar-refractivity contribution in [2.24, 2.45) is 0 Å². The molecule has 0 atom stereocenters. The second kappa shape index (κ2) is 5.50. The number of hydrogen-bond acceptors (Lipinski definition) is 4. The standard InChI is InChI=1S/C13H7BrN2O3/c14-13-6-5-12(19-13)7-10(8-15)9-1-3-11(4-2-9)16(17)18/h1-7H. The number of rotatable bonds is 3. The van der Waals surface area contributed by atoms with Crippen molar-refractivity contribution in [3.8, 4) is 6.07 Å². The molecule has 0 radical (unpaired) electrons. The SMILES string of the molecule is N#CC(=Cc1ccc(Br)o1)c1ccc([N+](=O)[O-])cc1. The predicted molar refractivity (Wildman–Crippen MR) is 73.0 cm³/mol. The second-order valence-corrected chi connectivity index (χ2v) is 4.40. The van der Waals surface area contributed by atoms with E-state index in [0.29, 0.717) is 21.6 Å². The first-order valence-corrected chi connectivity index (χ1v) is 6.01. The molecule has 1 heterocycles. The summed E-state index contributed by atoms with van der Waals surface area (Å²) in [4.78, 5) is 10.1. The van der Waals surface area contributed by atoms with Gasteiger partial charge in [-0.1, -0.05) is 0 Å². The Balaban J connectivity index is 2.35. The third kappa shape index (κ3) is 3.09. The Labute approximate surface area is 117 Å². The number of nitrogens with zero attached hydrogens (tertiary/aromatic N) is 2. The van der Waals surface area contributed by atoms with Crippen LogP contribution in [0.2, 0.25) is 0 Å². The third-order valence-corrected chi connectivity index (χ3v) is 2.82. The van der Waals surface area contributed by atoms with Gasteiger partial charge in [-0.3, -0.25) is 10.1 Å². The summed E-state index contributed by atoms with van der Waals surface area (Å²) in [6, 6.07) is 11.3. The van der Waals surface area contributed by atoms with Crippen LogP contribution in [0, 0.1) is 21.4 Å². The van der Waals surface area contributed by atoms with Crippen LogP contribution in [0.4, 0.5) is 5.69 Å². The van der Waals surface area contributed by atoms with Gasteiger partial charge in [-0.15, -0.1) is 0 Å². The lowest BCUT2D eigenvalue weighted by Crippen LogP contribution is -1.88. The van der Waals surface area contributed by atoms with Gasteiger partial charge in [0.15, 0.2) is 4.67 Å². The molecule has 0 bridgehead atoms. The minimum atomic E-state index is -0.483. The molecule has 0 unspecified atom stereocenters. The van der Waals surface area contributed by atoms with E-state index in [4.69, 9.17) is 9.68 Å².